The van der Waals surface area contributed by atoms with Crippen LogP contribution in [-0.4, -0.2) is 39.9 Å². The van der Waals surface area contributed by atoms with E-state index in [0.717, 1.165) is 25.3 Å². The van der Waals surface area contributed by atoms with Crippen molar-refractivity contribution < 1.29 is 5.11 Å². The van der Waals surface area contributed by atoms with E-state index < -0.39 is 0 Å². The molecule has 0 bridgehead atoms. The Hall–Kier alpha value is -1.75. The second-order valence-electron chi connectivity index (χ2n) is 8.67. The molecular weight excluding hydrogens is 364 g/mol. The molecule has 1 saturated heterocycles. The van der Waals surface area contributed by atoms with Crippen molar-refractivity contribution in [2.75, 3.05) is 18.9 Å². The molecule has 4 rings (SSSR count). The van der Waals surface area contributed by atoms with Crippen LogP contribution in [0.15, 0.2) is 48.5 Å². The number of aliphatic hydroxyl groups is 1. The maximum absolute atomic E-state index is 9.56. The number of H-pyrrole nitrogens is 1. The maximum Gasteiger partial charge on any atom is 0.0587 e. The zero-order valence-corrected chi connectivity index (χ0v) is 17.7. The summed E-state index contributed by atoms with van der Waals surface area (Å²) in [6.07, 6.45) is 2.27. The Morgan fingerprint density at radius 3 is 2.75 bits per heavy atom. The van der Waals surface area contributed by atoms with Crippen molar-refractivity contribution in [2.24, 2.45) is 0 Å². The largest absolute Gasteiger partial charge is 0.395 e. The number of thiol groups is 1. The number of fused-ring (bicyclic) bond motifs is 1. The van der Waals surface area contributed by atoms with Gasteiger partial charge in [0.2, 0.25) is 0 Å². The summed E-state index contributed by atoms with van der Waals surface area (Å²) in [5.74, 6) is 0.821. The van der Waals surface area contributed by atoms with Gasteiger partial charge in [-0.2, -0.15) is 12.6 Å². The van der Waals surface area contributed by atoms with E-state index in [9.17, 15) is 5.11 Å². The molecule has 0 amide bonds. The molecule has 0 radical (unpaired) electrons. The highest BCUT2D eigenvalue weighted by Crippen LogP contribution is 2.31. The van der Waals surface area contributed by atoms with Gasteiger partial charge < -0.3 is 10.1 Å². The quantitative estimate of drug-likeness (QED) is 0.515. The van der Waals surface area contributed by atoms with Gasteiger partial charge >= 0.3 is 0 Å². The Kier molecular flexibility index (Phi) is 5.55. The lowest BCUT2D eigenvalue weighted by molar-refractivity contribution is 0.152. The van der Waals surface area contributed by atoms with Crippen LogP contribution < -0.4 is 0 Å². The lowest BCUT2D eigenvalue weighted by Crippen LogP contribution is -2.31. The SMILES string of the molecule is CC(C)(CS)c1cccc(-c2ccc3[nH]c(CN4CCCC4CO)cc3c2)c1. The van der Waals surface area contributed by atoms with Crippen molar-refractivity contribution in [3.05, 3.63) is 59.8 Å². The summed E-state index contributed by atoms with van der Waals surface area (Å²) in [6.45, 7) is 6.67. The summed E-state index contributed by atoms with van der Waals surface area (Å²) >= 11 is 4.52. The Morgan fingerprint density at radius 1 is 1.14 bits per heavy atom. The predicted molar refractivity (Wildman–Crippen MR) is 121 cm³/mol. The number of nitrogens with one attached hydrogen (secondary N) is 1. The first-order chi connectivity index (χ1) is 13.5. The Morgan fingerprint density at radius 2 is 1.96 bits per heavy atom. The first-order valence-electron chi connectivity index (χ1n) is 10.2. The standard InChI is InChI=1S/C24H30N2OS/c1-24(2,16-28)20-6-3-5-17(12-20)18-8-9-23-19(11-18)13-21(25-23)14-26-10-4-7-22(26)15-27/h3,5-6,8-9,11-13,22,25,27-28H,4,7,10,14-16H2,1-2H3. The van der Waals surface area contributed by atoms with Crippen molar-refractivity contribution in [3.63, 3.8) is 0 Å². The van der Waals surface area contributed by atoms with Crippen LogP contribution in [0.4, 0.5) is 0 Å². The highest BCUT2D eigenvalue weighted by atomic mass is 32.1. The van der Waals surface area contributed by atoms with E-state index in [0.29, 0.717) is 6.04 Å². The molecule has 0 saturated carbocycles. The number of nitrogens with zero attached hydrogens (tertiary/aromatic N) is 1. The third-order valence-electron chi connectivity index (χ3n) is 6.13. The molecule has 3 nitrogen and oxygen atoms in total. The Bertz CT molecular complexity index is 962. The predicted octanol–water partition coefficient (Wildman–Crippen LogP) is 5.00. The first kappa shape index (κ1) is 19.6. The van der Waals surface area contributed by atoms with Gasteiger partial charge in [0.05, 0.1) is 6.61 Å². The van der Waals surface area contributed by atoms with Gasteiger partial charge in [0, 0.05) is 29.2 Å². The number of aromatic amines is 1. The lowest BCUT2D eigenvalue weighted by atomic mass is 9.85. The number of benzene rings is 2. The Labute approximate surface area is 173 Å². The minimum atomic E-state index is 0.0590. The van der Waals surface area contributed by atoms with E-state index >= 15 is 0 Å². The molecule has 3 aromatic rings. The molecule has 148 valence electrons. The van der Waals surface area contributed by atoms with Gasteiger partial charge in [-0.3, -0.25) is 4.90 Å². The van der Waals surface area contributed by atoms with Crippen molar-refractivity contribution in [1.29, 1.82) is 0 Å². The lowest BCUT2D eigenvalue weighted by Gasteiger charge is -2.23. The zero-order valence-electron chi connectivity index (χ0n) is 16.8. The van der Waals surface area contributed by atoms with Crippen LogP contribution in [-0.2, 0) is 12.0 Å². The van der Waals surface area contributed by atoms with Crippen molar-refractivity contribution in [2.45, 2.75) is 44.7 Å². The van der Waals surface area contributed by atoms with Crippen LogP contribution >= 0.6 is 12.6 Å². The Balaban J connectivity index is 1.61. The minimum absolute atomic E-state index is 0.0590. The fourth-order valence-corrected chi connectivity index (χ4v) is 4.38. The van der Waals surface area contributed by atoms with Crippen LogP contribution in [0, 0.1) is 0 Å². The normalized spacial score (nSPS) is 18.2. The van der Waals surface area contributed by atoms with Gasteiger partial charge in [0.15, 0.2) is 0 Å². The molecule has 1 aliphatic heterocycles. The van der Waals surface area contributed by atoms with E-state index in [-0.39, 0.29) is 12.0 Å². The van der Waals surface area contributed by atoms with E-state index in [1.54, 1.807) is 0 Å². The fourth-order valence-electron chi connectivity index (χ4n) is 4.20. The van der Waals surface area contributed by atoms with E-state index in [1.807, 2.05) is 0 Å². The zero-order chi connectivity index (χ0) is 19.7. The van der Waals surface area contributed by atoms with E-state index in [1.165, 1.54) is 39.7 Å². The second-order valence-corrected chi connectivity index (χ2v) is 8.98. The van der Waals surface area contributed by atoms with Crippen LogP contribution in [0.1, 0.15) is 37.9 Å². The number of hydrogen-bond acceptors (Lipinski definition) is 3. The number of rotatable bonds is 6. The summed E-state index contributed by atoms with van der Waals surface area (Å²) in [7, 11) is 0. The highest BCUT2D eigenvalue weighted by Gasteiger charge is 2.24. The molecule has 2 heterocycles. The molecule has 1 unspecified atom stereocenters. The monoisotopic (exact) mass is 394 g/mol. The highest BCUT2D eigenvalue weighted by molar-refractivity contribution is 7.80. The fraction of sp³-hybridized carbons (Fsp3) is 0.417. The molecular formula is C24H30N2OS. The third-order valence-corrected chi connectivity index (χ3v) is 6.92. The molecule has 2 aromatic carbocycles. The number of aromatic nitrogens is 1. The topological polar surface area (TPSA) is 39.3 Å². The van der Waals surface area contributed by atoms with Gasteiger partial charge in [-0.15, -0.1) is 0 Å². The van der Waals surface area contributed by atoms with Gasteiger partial charge in [-0.05, 0) is 65.4 Å². The molecule has 0 aliphatic carbocycles. The smallest absolute Gasteiger partial charge is 0.0587 e. The van der Waals surface area contributed by atoms with Crippen molar-refractivity contribution in [3.8, 4) is 11.1 Å². The number of likely N-dealkylation sites (tertiary alicyclic amines) is 1. The van der Waals surface area contributed by atoms with Gasteiger partial charge in [-0.25, -0.2) is 0 Å². The van der Waals surface area contributed by atoms with Crippen LogP contribution in [0.2, 0.25) is 0 Å². The number of aliphatic hydroxyl groups excluding tert-OH is 1. The number of hydrogen-bond donors (Lipinski definition) is 3. The average molecular weight is 395 g/mol. The third kappa shape index (κ3) is 3.86. The van der Waals surface area contributed by atoms with Crippen LogP contribution in [0.5, 0.6) is 0 Å². The average Bonchev–Trinajstić information content (AvgIpc) is 3.33. The van der Waals surface area contributed by atoms with Crippen molar-refractivity contribution >= 4 is 23.5 Å². The molecule has 1 aromatic heterocycles. The summed E-state index contributed by atoms with van der Waals surface area (Å²) in [4.78, 5) is 5.94. The molecule has 0 spiro atoms. The molecule has 28 heavy (non-hydrogen) atoms. The molecule has 1 fully saturated rings. The second kappa shape index (κ2) is 7.94. The molecule has 2 N–H and O–H groups in total. The minimum Gasteiger partial charge on any atom is -0.395 e. The summed E-state index contributed by atoms with van der Waals surface area (Å²) in [5.41, 5.74) is 6.26. The van der Waals surface area contributed by atoms with Gasteiger partial charge in [0.25, 0.3) is 0 Å². The van der Waals surface area contributed by atoms with E-state index in [2.05, 4.69) is 84.9 Å². The summed E-state index contributed by atoms with van der Waals surface area (Å²) in [6, 6.07) is 18.0. The molecule has 1 aliphatic rings. The van der Waals surface area contributed by atoms with E-state index in [4.69, 9.17) is 0 Å². The summed E-state index contributed by atoms with van der Waals surface area (Å²) < 4.78 is 0. The van der Waals surface area contributed by atoms with Crippen molar-refractivity contribution in [1.82, 2.24) is 9.88 Å². The van der Waals surface area contributed by atoms with Crippen LogP contribution in [0.25, 0.3) is 22.0 Å². The van der Waals surface area contributed by atoms with Gasteiger partial charge in [-0.1, -0.05) is 44.2 Å². The van der Waals surface area contributed by atoms with Crippen LogP contribution in [0.3, 0.4) is 0 Å². The maximum atomic E-state index is 9.56. The molecule has 4 heteroatoms. The summed E-state index contributed by atoms with van der Waals surface area (Å²) in [5, 5.41) is 10.8. The van der Waals surface area contributed by atoms with Gasteiger partial charge in [0.1, 0.15) is 0 Å². The molecule has 1 atom stereocenters. The first-order valence-corrected chi connectivity index (χ1v) is 10.8.